The molecule has 0 aromatic carbocycles. The van der Waals surface area contributed by atoms with Crippen LogP contribution in [0.4, 0.5) is 0 Å². The van der Waals surface area contributed by atoms with E-state index < -0.39 is 14.0 Å². The lowest BCUT2D eigenvalue weighted by Crippen LogP contribution is -1.89. The van der Waals surface area contributed by atoms with Crippen molar-refractivity contribution in [1.29, 1.82) is 0 Å². The zero-order chi connectivity index (χ0) is 7.65. The van der Waals surface area contributed by atoms with Gasteiger partial charge in [0, 0.05) is 6.85 Å². The van der Waals surface area contributed by atoms with Crippen LogP contribution in [0, 0.1) is 0 Å². The number of nitrogens with one attached hydrogen (secondary N) is 1. The first-order chi connectivity index (χ1) is 3.85. The van der Waals surface area contributed by atoms with Crippen LogP contribution in [-0.2, 0) is 0 Å². The molecule has 1 N–H and O–H groups in total. The molecule has 0 aliphatic carbocycles. The fourth-order valence-corrected chi connectivity index (χ4v) is 0. The molecular weight excluding hydrogens is 73.5 g/mol. The maximum atomic E-state index is 6.57. The minimum absolute atomic E-state index is 0. The van der Waals surface area contributed by atoms with E-state index in [-0.39, 0.29) is 17.7 Å². The predicted molar refractivity (Wildman–Crippen MR) is 22.2 cm³/mol. The highest BCUT2D eigenvalue weighted by atomic mass is 35.5. The zero-order valence-corrected chi connectivity index (χ0v) is 2.75. The lowest BCUT2D eigenvalue weighted by atomic mass is 11.3. The molecule has 0 amide bonds. The molecule has 0 saturated heterocycles. The van der Waals surface area contributed by atoms with Crippen LogP contribution in [0.5, 0.6) is 0 Å². The van der Waals surface area contributed by atoms with E-state index in [4.69, 9.17) is 8.27 Å². The van der Waals surface area contributed by atoms with Crippen LogP contribution in [0.25, 0.3) is 0 Å². The zero-order valence-electron chi connectivity index (χ0n) is 7.93. The van der Waals surface area contributed by atoms with Crippen molar-refractivity contribution in [1.82, 2.24) is 5.31 Å². The molecule has 28 valence electrons. The highest BCUT2D eigenvalue weighted by Crippen LogP contribution is 0.981. The second-order valence-corrected chi connectivity index (χ2v) is 0.129. The Morgan fingerprint density at radius 3 is 3.00 bits per heavy atom. The van der Waals surface area contributed by atoms with Crippen molar-refractivity contribution < 1.29 is 8.27 Å². The standard InChI is InChI=1S/C2H7N.ClH/c1-3-2;/h3H,1-2H3;1H/i1D2,2D3;/hD. The molecule has 2 heteroatoms. The van der Waals surface area contributed by atoms with Gasteiger partial charge in [0.25, 0.3) is 0 Å². The van der Waals surface area contributed by atoms with E-state index in [2.05, 4.69) is 0 Å². The molecule has 0 unspecified atom stereocenters. The van der Waals surface area contributed by atoms with Crippen LogP contribution in [0.3, 0.4) is 0 Å². The fourth-order valence-electron chi connectivity index (χ4n) is 0. The second kappa shape index (κ2) is 10.5. The Kier molecular flexibility index (Phi) is 1.74. The molecule has 0 aromatic heterocycles. The summed E-state index contributed by atoms with van der Waals surface area (Å²) in [6.07, 6.45) is 0. The Balaban J connectivity index is 0. The predicted octanol–water partition coefficient (Wildman–Crippen LogP) is 0.257. The van der Waals surface area contributed by atoms with E-state index in [1.54, 1.807) is 0 Å². The topological polar surface area (TPSA) is 12.0 Å². The first-order valence-corrected chi connectivity index (χ1v) is 0.482. The second-order valence-electron chi connectivity index (χ2n) is 0.129. The minimum atomic E-state index is -2.64. The number of halogens is 1. The van der Waals surface area contributed by atoms with Crippen molar-refractivity contribution in [2.24, 2.45) is 0 Å². The molecule has 0 heterocycles. The van der Waals surface area contributed by atoms with Crippen LogP contribution in [0.1, 0.15) is 6.85 Å². The van der Waals surface area contributed by atoms with Gasteiger partial charge in [-0.3, -0.25) is 0 Å². The van der Waals surface area contributed by atoms with Gasteiger partial charge in [-0.15, -0.1) is 12.4 Å². The summed E-state index contributed by atoms with van der Waals surface area (Å²) in [4.78, 5) is 0. The third kappa shape index (κ3) is 56.3. The summed E-state index contributed by atoms with van der Waals surface area (Å²) in [6, 6.07) is 0. The van der Waals surface area contributed by atoms with Crippen molar-refractivity contribution in [2.75, 3.05) is 14.0 Å². The van der Waals surface area contributed by atoms with Gasteiger partial charge in [0.15, 0.2) is 0 Å². The number of hydrogen-bond donors (Lipinski definition) is 1. The lowest BCUT2D eigenvalue weighted by molar-refractivity contribution is 1.02. The van der Waals surface area contributed by atoms with E-state index in [1.807, 2.05) is 0 Å². The molecule has 1 nitrogen and oxygen atoms in total. The monoisotopic (exact) mass is 87.1 g/mol. The summed E-state index contributed by atoms with van der Waals surface area (Å²) < 4.78 is 39.0. The average Bonchev–Trinajstić information content (AvgIpc) is 1.62. The van der Waals surface area contributed by atoms with Crippen molar-refractivity contribution in [2.45, 2.75) is 0 Å². The summed E-state index contributed by atoms with van der Waals surface area (Å²) in [6.45, 7) is -4.40. The van der Waals surface area contributed by atoms with E-state index >= 15 is 0 Å². The van der Waals surface area contributed by atoms with Gasteiger partial charge in [0.05, 0.1) is 0 Å². The van der Waals surface area contributed by atoms with Gasteiger partial charge in [-0.05, 0) is 14.0 Å². The minimum Gasteiger partial charge on any atom is -0.323 e. The summed E-state index contributed by atoms with van der Waals surface area (Å²) in [5.74, 6) is 0. The highest BCUT2D eigenvalue weighted by Gasteiger charge is 1.25. The average molecular weight is 87.6 g/mol. The molecule has 0 saturated carbocycles. The summed E-state index contributed by atoms with van der Waals surface area (Å²) in [5, 5.41) is -0.0625. The SMILES string of the molecule is Cl.[2H]C([2H])N([2H])C([2H])([2H])[2H]. The number of hydrogen-bond acceptors (Lipinski definition) is 1. The molecule has 0 rings (SSSR count). The largest absolute Gasteiger partial charge is 0.323 e. The maximum absolute atomic E-state index is 6.57. The van der Waals surface area contributed by atoms with Crippen LogP contribution < -0.4 is 5.31 Å². The third-order valence-corrected chi connectivity index (χ3v) is 0. The molecule has 0 aromatic rings. The van der Waals surface area contributed by atoms with Crippen molar-refractivity contribution in [3.05, 3.63) is 0 Å². The molecule has 4 heavy (non-hydrogen) atoms. The Morgan fingerprint density at radius 1 is 2.25 bits per heavy atom. The van der Waals surface area contributed by atoms with Gasteiger partial charge in [-0.2, -0.15) is 0 Å². The normalized spacial score (nSPS) is 31.5. The van der Waals surface area contributed by atoms with E-state index in [0.29, 0.717) is 0 Å². The Bertz CT molecular complexity index is 90.2. The molecule has 0 aliphatic heterocycles. The Hall–Kier alpha value is 0.250. The van der Waals surface area contributed by atoms with Gasteiger partial charge in [-0.1, -0.05) is 0 Å². The number of rotatable bonds is 0. The van der Waals surface area contributed by atoms with E-state index in [1.165, 1.54) is 0 Å². The van der Waals surface area contributed by atoms with Gasteiger partial charge in [0.1, 0.15) is 1.41 Å². The maximum Gasteiger partial charge on any atom is 0.122 e. The molecule has 0 aliphatic rings. The van der Waals surface area contributed by atoms with Crippen LogP contribution in [0.2, 0.25) is 1.41 Å². The lowest BCUT2D eigenvalue weighted by Gasteiger charge is -1.59. The molecule has 0 radical (unpaired) electrons. The molecular formula is C2H8ClN. The highest BCUT2D eigenvalue weighted by molar-refractivity contribution is 5.85. The van der Waals surface area contributed by atoms with Crippen LogP contribution >= 0.6 is 12.4 Å². The van der Waals surface area contributed by atoms with Crippen LogP contribution in [0.15, 0.2) is 0 Å². The summed E-state index contributed by atoms with van der Waals surface area (Å²) >= 11 is 0. The van der Waals surface area contributed by atoms with Gasteiger partial charge in [-0.25, -0.2) is 0 Å². The Labute approximate surface area is 41.3 Å². The molecule has 0 spiro atoms. The van der Waals surface area contributed by atoms with Crippen molar-refractivity contribution in [3.8, 4) is 0 Å². The first-order valence-electron chi connectivity index (χ1n) is 3.58. The third-order valence-electron chi connectivity index (χ3n) is 0. The molecule has 0 atom stereocenters. The summed E-state index contributed by atoms with van der Waals surface area (Å²) in [5.41, 5.74) is 0. The van der Waals surface area contributed by atoms with E-state index in [9.17, 15) is 0 Å². The summed E-state index contributed by atoms with van der Waals surface area (Å²) in [7, 11) is 0. The van der Waals surface area contributed by atoms with Crippen LogP contribution in [-0.4, -0.2) is 14.0 Å². The van der Waals surface area contributed by atoms with E-state index in [0.717, 1.165) is 0 Å². The molecule has 0 fully saturated rings. The van der Waals surface area contributed by atoms with Crippen molar-refractivity contribution >= 4 is 12.4 Å². The van der Waals surface area contributed by atoms with Crippen molar-refractivity contribution in [3.63, 3.8) is 0 Å². The van der Waals surface area contributed by atoms with Gasteiger partial charge < -0.3 is 5.31 Å². The van der Waals surface area contributed by atoms with Gasteiger partial charge >= 0.3 is 0 Å². The first kappa shape index (κ1) is 0.660. The Morgan fingerprint density at radius 2 is 3.00 bits per heavy atom. The smallest absolute Gasteiger partial charge is 0.122 e. The fraction of sp³-hybridized carbons (Fsp3) is 1.00. The quantitative estimate of drug-likeness (QED) is 0.447. The van der Waals surface area contributed by atoms with Gasteiger partial charge in [0.2, 0.25) is 0 Å². The molecule has 0 bridgehead atoms.